The van der Waals surface area contributed by atoms with E-state index >= 15 is 0 Å². The van der Waals surface area contributed by atoms with Crippen molar-refractivity contribution in [1.82, 2.24) is 0 Å². The minimum atomic E-state index is -0.545. The number of hydrogen-bond acceptors (Lipinski definition) is 6. The van der Waals surface area contributed by atoms with E-state index in [1.165, 1.54) is 0 Å². The summed E-state index contributed by atoms with van der Waals surface area (Å²) < 4.78 is 28.6. The summed E-state index contributed by atoms with van der Waals surface area (Å²) in [6, 6.07) is 9.42. The predicted molar refractivity (Wildman–Crippen MR) is 109 cm³/mol. The van der Waals surface area contributed by atoms with Crippen molar-refractivity contribution in [2.24, 2.45) is 0 Å². The molecule has 1 heterocycles. The summed E-state index contributed by atoms with van der Waals surface area (Å²) in [6.07, 6.45) is -0.343. The molecule has 0 aromatic heterocycles. The van der Waals surface area contributed by atoms with Crippen molar-refractivity contribution in [3.05, 3.63) is 47.0 Å². The first kappa shape index (κ1) is 20.8. The molecule has 2 aromatic rings. The molecule has 6 nitrogen and oxygen atoms in total. The van der Waals surface area contributed by atoms with Crippen LogP contribution < -0.4 is 18.9 Å². The zero-order chi connectivity index (χ0) is 20.8. The molecule has 0 amide bonds. The molecular formula is C23H28O6. The SMILES string of the molecule is CCOc1ccc(C2OC(=O)Cc3cc(OCC)c(OCC)cc32)cc1OCC. The monoisotopic (exact) mass is 400 g/mol. The number of rotatable bonds is 9. The summed E-state index contributed by atoms with van der Waals surface area (Å²) in [4.78, 5) is 12.3. The fraction of sp³-hybridized carbons (Fsp3) is 0.435. The number of hydrogen-bond donors (Lipinski definition) is 0. The van der Waals surface area contributed by atoms with Crippen LogP contribution in [0, 0.1) is 0 Å². The molecule has 0 saturated heterocycles. The van der Waals surface area contributed by atoms with Gasteiger partial charge in [-0.2, -0.15) is 0 Å². The van der Waals surface area contributed by atoms with Gasteiger partial charge in [-0.3, -0.25) is 4.79 Å². The molecular weight excluding hydrogens is 372 g/mol. The van der Waals surface area contributed by atoms with Crippen molar-refractivity contribution in [1.29, 1.82) is 0 Å². The maximum Gasteiger partial charge on any atom is 0.311 e. The van der Waals surface area contributed by atoms with E-state index in [4.69, 9.17) is 23.7 Å². The Morgan fingerprint density at radius 1 is 0.793 bits per heavy atom. The fourth-order valence-electron chi connectivity index (χ4n) is 3.42. The molecule has 3 rings (SSSR count). The van der Waals surface area contributed by atoms with Crippen LogP contribution >= 0.6 is 0 Å². The van der Waals surface area contributed by atoms with E-state index in [1.54, 1.807) is 0 Å². The summed E-state index contributed by atoms with van der Waals surface area (Å²) >= 11 is 0. The third kappa shape index (κ3) is 4.58. The van der Waals surface area contributed by atoms with Gasteiger partial charge in [-0.25, -0.2) is 0 Å². The van der Waals surface area contributed by atoms with Crippen LogP contribution in [0.25, 0.3) is 0 Å². The highest BCUT2D eigenvalue weighted by molar-refractivity contribution is 5.77. The molecule has 0 N–H and O–H groups in total. The van der Waals surface area contributed by atoms with Gasteiger partial charge in [-0.1, -0.05) is 6.07 Å². The fourth-order valence-corrected chi connectivity index (χ4v) is 3.42. The second-order valence-electron chi connectivity index (χ2n) is 6.48. The maximum absolute atomic E-state index is 12.3. The average Bonchev–Trinajstić information content (AvgIpc) is 2.70. The second-order valence-corrected chi connectivity index (χ2v) is 6.48. The van der Waals surface area contributed by atoms with Gasteiger partial charge in [-0.15, -0.1) is 0 Å². The number of cyclic esters (lactones) is 1. The van der Waals surface area contributed by atoms with Crippen LogP contribution in [0.3, 0.4) is 0 Å². The predicted octanol–water partition coefficient (Wildman–Crippen LogP) is 4.47. The molecule has 0 radical (unpaired) electrons. The Kier molecular flexibility index (Phi) is 6.86. The zero-order valence-corrected chi connectivity index (χ0v) is 17.4. The van der Waals surface area contributed by atoms with Crippen molar-refractivity contribution in [3.63, 3.8) is 0 Å². The lowest BCUT2D eigenvalue weighted by Gasteiger charge is -2.28. The number of benzene rings is 2. The molecule has 29 heavy (non-hydrogen) atoms. The molecule has 0 bridgehead atoms. The van der Waals surface area contributed by atoms with Gasteiger partial charge < -0.3 is 23.7 Å². The molecule has 156 valence electrons. The van der Waals surface area contributed by atoms with Gasteiger partial charge in [0.2, 0.25) is 0 Å². The number of carbonyl (C=O) groups is 1. The van der Waals surface area contributed by atoms with E-state index in [1.807, 2.05) is 58.0 Å². The minimum Gasteiger partial charge on any atom is -0.490 e. The Hall–Kier alpha value is -2.89. The van der Waals surface area contributed by atoms with Crippen molar-refractivity contribution in [2.75, 3.05) is 26.4 Å². The molecule has 1 atom stereocenters. The van der Waals surface area contributed by atoms with Crippen LogP contribution in [0.5, 0.6) is 23.0 Å². The molecule has 0 saturated carbocycles. The van der Waals surface area contributed by atoms with Gasteiger partial charge >= 0.3 is 5.97 Å². The second kappa shape index (κ2) is 9.54. The van der Waals surface area contributed by atoms with Crippen LogP contribution in [0.2, 0.25) is 0 Å². The van der Waals surface area contributed by atoms with Crippen molar-refractivity contribution in [3.8, 4) is 23.0 Å². The van der Waals surface area contributed by atoms with Gasteiger partial charge in [0.25, 0.3) is 0 Å². The standard InChI is InChI=1S/C23H28O6/c1-5-25-18-10-9-15(11-19(18)26-6-2)23-17-14-21(28-8-4)20(27-7-3)12-16(17)13-22(24)29-23/h9-12,14,23H,5-8,13H2,1-4H3. The van der Waals surface area contributed by atoms with E-state index < -0.39 is 6.10 Å². The van der Waals surface area contributed by atoms with Gasteiger partial charge in [0.1, 0.15) is 0 Å². The summed E-state index contributed by atoms with van der Waals surface area (Å²) in [7, 11) is 0. The number of esters is 1. The molecule has 0 fully saturated rings. The van der Waals surface area contributed by atoms with E-state index in [2.05, 4.69) is 0 Å². The summed E-state index contributed by atoms with van der Waals surface area (Å²) in [5, 5.41) is 0. The molecule has 6 heteroatoms. The Labute approximate surface area is 171 Å². The van der Waals surface area contributed by atoms with Gasteiger partial charge in [0.15, 0.2) is 29.1 Å². The average molecular weight is 400 g/mol. The van der Waals surface area contributed by atoms with E-state index in [0.29, 0.717) is 49.4 Å². The molecule has 0 spiro atoms. The number of carbonyl (C=O) groups excluding carboxylic acids is 1. The highest BCUT2D eigenvalue weighted by Gasteiger charge is 2.30. The van der Waals surface area contributed by atoms with Crippen molar-refractivity contribution in [2.45, 2.75) is 40.2 Å². The Morgan fingerprint density at radius 2 is 1.34 bits per heavy atom. The number of fused-ring (bicyclic) bond motifs is 1. The quantitative estimate of drug-likeness (QED) is 0.579. The highest BCUT2D eigenvalue weighted by atomic mass is 16.5. The van der Waals surface area contributed by atoms with Gasteiger partial charge in [0, 0.05) is 11.1 Å². The summed E-state index contributed by atoms with van der Waals surface area (Å²) in [5.41, 5.74) is 2.59. The van der Waals surface area contributed by atoms with Crippen molar-refractivity contribution < 1.29 is 28.5 Å². The van der Waals surface area contributed by atoms with Gasteiger partial charge in [0.05, 0.1) is 32.8 Å². The van der Waals surface area contributed by atoms with E-state index in [-0.39, 0.29) is 12.4 Å². The first-order valence-electron chi connectivity index (χ1n) is 10.1. The molecule has 1 unspecified atom stereocenters. The van der Waals surface area contributed by atoms with Gasteiger partial charge in [-0.05, 0) is 57.5 Å². The minimum absolute atomic E-state index is 0.202. The third-order valence-corrected chi connectivity index (χ3v) is 4.54. The number of ether oxygens (including phenoxy) is 5. The maximum atomic E-state index is 12.3. The van der Waals surface area contributed by atoms with Crippen LogP contribution in [0.15, 0.2) is 30.3 Å². The van der Waals surface area contributed by atoms with Crippen LogP contribution in [-0.2, 0) is 16.0 Å². The van der Waals surface area contributed by atoms with Crippen molar-refractivity contribution >= 4 is 5.97 Å². The van der Waals surface area contributed by atoms with E-state index in [9.17, 15) is 4.79 Å². The molecule has 2 aromatic carbocycles. The first-order chi connectivity index (χ1) is 14.1. The lowest BCUT2D eigenvalue weighted by Crippen LogP contribution is -2.22. The van der Waals surface area contributed by atoms with Crippen LogP contribution in [0.4, 0.5) is 0 Å². The lowest BCUT2D eigenvalue weighted by molar-refractivity contribution is -0.148. The Morgan fingerprint density at radius 3 is 1.97 bits per heavy atom. The normalized spacial score (nSPS) is 15.3. The highest BCUT2D eigenvalue weighted by Crippen LogP contribution is 2.42. The molecule has 1 aliphatic heterocycles. The summed E-state index contributed by atoms with van der Waals surface area (Å²) in [6.45, 7) is 9.77. The zero-order valence-electron chi connectivity index (χ0n) is 17.4. The topological polar surface area (TPSA) is 63.2 Å². The summed E-state index contributed by atoms with van der Waals surface area (Å²) in [5.74, 6) is 2.31. The largest absolute Gasteiger partial charge is 0.490 e. The smallest absolute Gasteiger partial charge is 0.311 e. The third-order valence-electron chi connectivity index (χ3n) is 4.54. The first-order valence-corrected chi connectivity index (χ1v) is 10.1. The van der Waals surface area contributed by atoms with Crippen LogP contribution in [-0.4, -0.2) is 32.4 Å². The lowest BCUT2D eigenvalue weighted by atomic mass is 9.92. The Bertz CT molecular complexity index is 861. The Balaban J connectivity index is 2.06. The molecule has 1 aliphatic rings. The van der Waals surface area contributed by atoms with Crippen LogP contribution in [0.1, 0.15) is 50.5 Å². The molecule has 0 aliphatic carbocycles. The van der Waals surface area contributed by atoms with E-state index in [0.717, 1.165) is 16.7 Å².